The fourth-order valence-electron chi connectivity index (χ4n) is 1.61. The smallest absolute Gasteiger partial charge is 0.242 e. The first-order chi connectivity index (χ1) is 9.27. The lowest BCUT2D eigenvalue weighted by atomic mass is 10.1. The summed E-state index contributed by atoms with van der Waals surface area (Å²) in [6, 6.07) is 4.47. The molecular formula is C13H21BrN2O3S. The van der Waals surface area contributed by atoms with Gasteiger partial charge in [0.05, 0.1) is 12.3 Å². The van der Waals surface area contributed by atoms with Crippen LogP contribution in [0.15, 0.2) is 27.6 Å². The number of benzene rings is 1. The van der Waals surface area contributed by atoms with Gasteiger partial charge in [-0.1, -0.05) is 29.8 Å². The Morgan fingerprint density at radius 2 is 2.05 bits per heavy atom. The summed E-state index contributed by atoms with van der Waals surface area (Å²) in [6.45, 7) is 6.64. The van der Waals surface area contributed by atoms with Crippen molar-refractivity contribution in [3.05, 3.63) is 22.7 Å². The Morgan fingerprint density at radius 1 is 1.40 bits per heavy atom. The molecule has 1 aromatic rings. The second-order valence-corrected chi connectivity index (χ2v) is 7.41. The van der Waals surface area contributed by atoms with Gasteiger partial charge in [-0.15, -0.1) is 0 Å². The lowest BCUT2D eigenvalue weighted by Gasteiger charge is -2.22. The number of anilines is 1. The average molecular weight is 365 g/mol. The molecule has 0 heterocycles. The molecule has 1 aromatic carbocycles. The lowest BCUT2D eigenvalue weighted by Crippen LogP contribution is -2.42. The standard InChI is InChI=1S/C13H21BrN2O3S/c1-4-19-8-12(9(2)3)16-20(17,18)13-7-10(14)5-6-11(13)15/h5-7,9,12,16H,4,8,15H2,1-3H3. The molecule has 7 heteroatoms. The molecule has 0 saturated heterocycles. The number of nitrogen functional groups attached to an aromatic ring is 1. The van der Waals surface area contributed by atoms with Crippen molar-refractivity contribution in [2.24, 2.45) is 5.92 Å². The van der Waals surface area contributed by atoms with E-state index in [1.165, 1.54) is 6.07 Å². The Hall–Kier alpha value is -0.630. The van der Waals surface area contributed by atoms with Gasteiger partial charge in [-0.25, -0.2) is 13.1 Å². The molecule has 0 aromatic heterocycles. The van der Waals surface area contributed by atoms with Crippen molar-refractivity contribution in [3.8, 4) is 0 Å². The second-order valence-electron chi connectivity index (χ2n) is 4.81. The van der Waals surface area contributed by atoms with E-state index in [2.05, 4.69) is 20.7 Å². The van der Waals surface area contributed by atoms with Gasteiger partial charge in [0.2, 0.25) is 10.0 Å². The highest BCUT2D eigenvalue weighted by Crippen LogP contribution is 2.23. The number of sulfonamides is 1. The van der Waals surface area contributed by atoms with Gasteiger partial charge in [0.1, 0.15) is 4.90 Å². The maximum atomic E-state index is 12.4. The van der Waals surface area contributed by atoms with E-state index in [0.29, 0.717) is 17.7 Å². The zero-order valence-electron chi connectivity index (χ0n) is 11.9. The topological polar surface area (TPSA) is 81.4 Å². The van der Waals surface area contributed by atoms with E-state index in [4.69, 9.17) is 10.5 Å². The van der Waals surface area contributed by atoms with Crippen LogP contribution >= 0.6 is 15.9 Å². The largest absolute Gasteiger partial charge is 0.398 e. The Balaban J connectivity index is 3.00. The first kappa shape index (κ1) is 17.4. The van der Waals surface area contributed by atoms with E-state index < -0.39 is 10.0 Å². The van der Waals surface area contributed by atoms with E-state index in [0.717, 1.165) is 0 Å². The minimum atomic E-state index is -3.67. The van der Waals surface area contributed by atoms with Gasteiger partial charge in [-0.3, -0.25) is 0 Å². The summed E-state index contributed by atoms with van der Waals surface area (Å²) in [6.07, 6.45) is 0. The second kappa shape index (κ2) is 7.40. The molecule has 1 unspecified atom stereocenters. The van der Waals surface area contributed by atoms with Gasteiger partial charge in [0, 0.05) is 17.1 Å². The average Bonchev–Trinajstić information content (AvgIpc) is 2.36. The number of rotatable bonds is 7. The van der Waals surface area contributed by atoms with Gasteiger partial charge < -0.3 is 10.5 Å². The Bertz CT molecular complexity index is 547. The predicted octanol–water partition coefficient (Wildman–Crippen LogP) is 2.37. The highest BCUT2D eigenvalue weighted by Gasteiger charge is 2.24. The van der Waals surface area contributed by atoms with Crippen molar-refractivity contribution in [1.29, 1.82) is 0 Å². The fraction of sp³-hybridized carbons (Fsp3) is 0.538. The monoisotopic (exact) mass is 364 g/mol. The molecule has 0 aliphatic rings. The first-order valence-electron chi connectivity index (χ1n) is 6.43. The van der Waals surface area contributed by atoms with E-state index in [9.17, 15) is 8.42 Å². The molecule has 0 fully saturated rings. The number of hydrogen-bond donors (Lipinski definition) is 2. The number of nitrogens with one attached hydrogen (secondary N) is 1. The van der Waals surface area contributed by atoms with Gasteiger partial charge in [0.25, 0.3) is 0 Å². The molecule has 0 aliphatic carbocycles. The molecule has 0 bridgehead atoms. The summed E-state index contributed by atoms with van der Waals surface area (Å²) >= 11 is 3.25. The summed E-state index contributed by atoms with van der Waals surface area (Å²) in [5, 5.41) is 0. The first-order valence-corrected chi connectivity index (χ1v) is 8.70. The predicted molar refractivity (Wildman–Crippen MR) is 84.0 cm³/mol. The fourth-order valence-corrected chi connectivity index (χ4v) is 3.65. The number of hydrogen-bond acceptors (Lipinski definition) is 4. The third kappa shape index (κ3) is 4.73. The Kier molecular flexibility index (Phi) is 6.44. The molecule has 0 spiro atoms. The van der Waals surface area contributed by atoms with Gasteiger partial charge in [-0.2, -0.15) is 0 Å². The van der Waals surface area contributed by atoms with Crippen LogP contribution in [0.4, 0.5) is 5.69 Å². The molecule has 1 rings (SSSR count). The van der Waals surface area contributed by atoms with E-state index >= 15 is 0 Å². The maximum Gasteiger partial charge on any atom is 0.242 e. The molecule has 0 radical (unpaired) electrons. The summed E-state index contributed by atoms with van der Waals surface area (Å²) in [5.41, 5.74) is 5.98. The summed E-state index contributed by atoms with van der Waals surface area (Å²) in [7, 11) is -3.67. The molecule has 0 saturated carbocycles. The molecule has 114 valence electrons. The minimum Gasteiger partial charge on any atom is -0.398 e. The molecule has 5 nitrogen and oxygen atoms in total. The third-order valence-corrected chi connectivity index (χ3v) is 4.92. The summed E-state index contributed by atoms with van der Waals surface area (Å²) in [5.74, 6) is 0.115. The normalized spacial score (nSPS) is 13.7. The van der Waals surface area contributed by atoms with Crippen molar-refractivity contribution in [2.45, 2.75) is 31.7 Å². The number of halogens is 1. The Labute approximate surface area is 129 Å². The van der Waals surface area contributed by atoms with Gasteiger partial charge in [0.15, 0.2) is 0 Å². The Morgan fingerprint density at radius 3 is 2.60 bits per heavy atom. The van der Waals surface area contributed by atoms with E-state index in [-0.39, 0.29) is 22.5 Å². The van der Waals surface area contributed by atoms with Crippen LogP contribution in [-0.2, 0) is 14.8 Å². The number of nitrogens with two attached hydrogens (primary N) is 1. The highest BCUT2D eigenvalue weighted by molar-refractivity contribution is 9.10. The zero-order chi connectivity index (χ0) is 15.3. The molecule has 20 heavy (non-hydrogen) atoms. The van der Waals surface area contributed by atoms with Crippen molar-refractivity contribution in [1.82, 2.24) is 4.72 Å². The third-order valence-electron chi connectivity index (χ3n) is 2.88. The van der Waals surface area contributed by atoms with Crippen molar-refractivity contribution in [2.75, 3.05) is 18.9 Å². The maximum absolute atomic E-state index is 12.4. The molecular weight excluding hydrogens is 344 g/mol. The summed E-state index contributed by atoms with van der Waals surface area (Å²) in [4.78, 5) is 0.0778. The molecule has 0 amide bonds. The quantitative estimate of drug-likeness (QED) is 0.727. The van der Waals surface area contributed by atoms with Crippen LogP contribution in [0, 0.1) is 5.92 Å². The number of ether oxygens (including phenoxy) is 1. The van der Waals surface area contributed by atoms with Crippen LogP contribution in [0.5, 0.6) is 0 Å². The zero-order valence-corrected chi connectivity index (χ0v) is 14.3. The van der Waals surface area contributed by atoms with Crippen LogP contribution in [0.3, 0.4) is 0 Å². The van der Waals surface area contributed by atoms with Gasteiger partial charge in [-0.05, 0) is 31.0 Å². The van der Waals surface area contributed by atoms with Crippen LogP contribution in [0.25, 0.3) is 0 Å². The lowest BCUT2D eigenvalue weighted by molar-refractivity contribution is 0.116. The minimum absolute atomic E-state index is 0.0778. The van der Waals surface area contributed by atoms with Crippen molar-refractivity contribution >= 4 is 31.6 Å². The van der Waals surface area contributed by atoms with Crippen LogP contribution < -0.4 is 10.5 Å². The van der Waals surface area contributed by atoms with Crippen molar-refractivity contribution in [3.63, 3.8) is 0 Å². The SMILES string of the molecule is CCOCC(NS(=O)(=O)c1cc(Br)ccc1N)C(C)C. The van der Waals surface area contributed by atoms with E-state index in [1.807, 2.05) is 20.8 Å². The summed E-state index contributed by atoms with van der Waals surface area (Å²) < 4.78 is 33.5. The van der Waals surface area contributed by atoms with Crippen molar-refractivity contribution < 1.29 is 13.2 Å². The van der Waals surface area contributed by atoms with Gasteiger partial charge >= 0.3 is 0 Å². The highest BCUT2D eigenvalue weighted by atomic mass is 79.9. The van der Waals surface area contributed by atoms with Crippen LogP contribution in [0.1, 0.15) is 20.8 Å². The molecule has 1 atom stereocenters. The molecule has 0 aliphatic heterocycles. The van der Waals surface area contributed by atoms with Crippen LogP contribution in [0.2, 0.25) is 0 Å². The van der Waals surface area contributed by atoms with Crippen LogP contribution in [-0.4, -0.2) is 27.7 Å². The van der Waals surface area contributed by atoms with E-state index in [1.54, 1.807) is 12.1 Å². The molecule has 3 N–H and O–H groups in total.